The Morgan fingerprint density at radius 1 is 1.25 bits per heavy atom. The number of thiazole rings is 1. The van der Waals surface area contributed by atoms with Crippen LogP contribution in [0.1, 0.15) is 37.0 Å². The van der Waals surface area contributed by atoms with Crippen molar-refractivity contribution in [2.45, 2.75) is 39.2 Å². The van der Waals surface area contributed by atoms with Crippen LogP contribution in [0.2, 0.25) is 5.15 Å². The van der Waals surface area contributed by atoms with Crippen LogP contribution < -0.4 is 0 Å². The molecule has 0 aromatic carbocycles. The summed E-state index contributed by atoms with van der Waals surface area (Å²) in [5.74, 6) is 0.613. The highest BCUT2D eigenvalue weighted by molar-refractivity contribution is 7.10. The largest absolute Gasteiger partial charge is 0.376 e. The molecule has 1 aliphatic heterocycles. The molecule has 0 N–H and O–H groups in total. The first kappa shape index (κ1) is 13.9. The summed E-state index contributed by atoms with van der Waals surface area (Å²) in [5, 5.41) is 3.56. The predicted molar refractivity (Wildman–Crippen MR) is 80.2 cm³/mol. The summed E-state index contributed by atoms with van der Waals surface area (Å²) < 4.78 is 5.39. The van der Waals surface area contributed by atoms with Crippen LogP contribution in [0.5, 0.6) is 0 Å². The normalized spacial score (nSPS) is 15.2. The smallest absolute Gasteiger partial charge is 0.180 e. The van der Waals surface area contributed by atoms with Gasteiger partial charge in [0.05, 0.1) is 23.9 Å². The van der Waals surface area contributed by atoms with E-state index in [4.69, 9.17) is 16.3 Å². The van der Waals surface area contributed by atoms with Crippen molar-refractivity contribution in [2.75, 3.05) is 6.61 Å². The number of hydrogen-bond acceptors (Lipinski definition) is 5. The van der Waals surface area contributed by atoms with E-state index in [1.54, 1.807) is 11.3 Å². The lowest BCUT2D eigenvalue weighted by atomic mass is 9.98. The Morgan fingerprint density at radius 2 is 2.05 bits per heavy atom. The fourth-order valence-corrected chi connectivity index (χ4v) is 3.16. The fraction of sp³-hybridized carbons (Fsp3) is 0.500. The summed E-state index contributed by atoms with van der Waals surface area (Å²) >= 11 is 7.87. The van der Waals surface area contributed by atoms with E-state index in [1.807, 2.05) is 5.38 Å². The van der Waals surface area contributed by atoms with Gasteiger partial charge in [-0.1, -0.05) is 32.4 Å². The van der Waals surface area contributed by atoms with E-state index in [2.05, 4.69) is 35.7 Å². The SMILES string of the molecule is CC(C)(C)c1nc(-c2nc(Cl)c3c(n2)CCOC3)cs1. The van der Waals surface area contributed by atoms with Gasteiger partial charge in [0.2, 0.25) is 0 Å². The van der Waals surface area contributed by atoms with E-state index < -0.39 is 0 Å². The molecule has 2 aromatic rings. The van der Waals surface area contributed by atoms with Crippen LogP contribution >= 0.6 is 22.9 Å². The minimum atomic E-state index is 0.0365. The molecule has 106 valence electrons. The molecule has 0 fully saturated rings. The number of fused-ring (bicyclic) bond motifs is 1. The van der Waals surface area contributed by atoms with Crippen molar-refractivity contribution in [2.24, 2.45) is 0 Å². The second-order valence-corrected chi connectivity index (χ2v) is 7.07. The van der Waals surface area contributed by atoms with Gasteiger partial charge in [0, 0.05) is 22.8 Å². The fourth-order valence-electron chi connectivity index (χ4n) is 2.03. The maximum absolute atomic E-state index is 6.24. The van der Waals surface area contributed by atoms with Gasteiger partial charge in [-0.3, -0.25) is 0 Å². The van der Waals surface area contributed by atoms with Gasteiger partial charge in [-0.05, 0) is 0 Å². The van der Waals surface area contributed by atoms with Gasteiger partial charge in [0.25, 0.3) is 0 Å². The van der Waals surface area contributed by atoms with Crippen LogP contribution in [0.25, 0.3) is 11.5 Å². The Kier molecular flexibility index (Phi) is 3.52. The third kappa shape index (κ3) is 2.57. The number of nitrogens with zero attached hydrogens (tertiary/aromatic N) is 3. The molecule has 3 heterocycles. The van der Waals surface area contributed by atoms with Gasteiger partial charge in [-0.2, -0.15) is 0 Å². The third-order valence-corrected chi connectivity index (χ3v) is 4.73. The average Bonchev–Trinajstić information content (AvgIpc) is 2.88. The van der Waals surface area contributed by atoms with E-state index >= 15 is 0 Å². The molecule has 20 heavy (non-hydrogen) atoms. The van der Waals surface area contributed by atoms with Crippen molar-refractivity contribution in [3.63, 3.8) is 0 Å². The van der Waals surface area contributed by atoms with Gasteiger partial charge in [-0.25, -0.2) is 15.0 Å². The number of halogens is 1. The van der Waals surface area contributed by atoms with Gasteiger partial charge >= 0.3 is 0 Å². The zero-order valence-electron chi connectivity index (χ0n) is 11.7. The molecule has 2 aromatic heterocycles. The van der Waals surface area contributed by atoms with Gasteiger partial charge in [0.15, 0.2) is 5.82 Å². The van der Waals surface area contributed by atoms with Crippen LogP contribution in [0.15, 0.2) is 5.38 Å². The molecule has 0 saturated heterocycles. The van der Waals surface area contributed by atoms with Gasteiger partial charge in [-0.15, -0.1) is 11.3 Å². The van der Waals surface area contributed by atoms with E-state index in [-0.39, 0.29) is 5.41 Å². The summed E-state index contributed by atoms with van der Waals surface area (Å²) in [6, 6.07) is 0. The number of rotatable bonds is 1. The molecule has 3 rings (SSSR count). The summed E-state index contributed by atoms with van der Waals surface area (Å²) in [5.41, 5.74) is 2.73. The van der Waals surface area contributed by atoms with Crippen LogP contribution in [0.3, 0.4) is 0 Å². The first-order chi connectivity index (χ1) is 9.45. The van der Waals surface area contributed by atoms with Crippen LogP contribution in [0.4, 0.5) is 0 Å². The Hall–Kier alpha value is -1.04. The summed E-state index contributed by atoms with van der Waals surface area (Å²) in [7, 11) is 0. The molecule has 0 saturated carbocycles. The summed E-state index contributed by atoms with van der Waals surface area (Å²) in [4.78, 5) is 13.6. The minimum Gasteiger partial charge on any atom is -0.376 e. The first-order valence-electron chi connectivity index (χ1n) is 6.54. The molecule has 0 spiro atoms. The lowest BCUT2D eigenvalue weighted by Gasteiger charge is -2.16. The standard InChI is InChI=1S/C14H16ClN3OS/c1-14(2,3)13-17-10(7-20-13)12-16-9-4-5-19-6-8(9)11(15)18-12/h7H,4-6H2,1-3H3. The molecule has 6 heteroatoms. The minimum absolute atomic E-state index is 0.0365. The summed E-state index contributed by atoms with van der Waals surface area (Å²) in [6.45, 7) is 7.62. The number of ether oxygens (including phenoxy) is 1. The highest BCUT2D eigenvalue weighted by Crippen LogP contribution is 2.30. The van der Waals surface area contributed by atoms with Crippen LogP contribution in [0, 0.1) is 0 Å². The van der Waals surface area contributed by atoms with Gasteiger partial charge in [0.1, 0.15) is 10.8 Å². The van der Waals surface area contributed by atoms with E-state index in [9.17, 15) is 0 Å². The van der Waals surface area contributed by atoms with Gasteiger partial charge < -0.3 is 4.74 Å². The van der Waals surface area contributed by atoms with E-state index in [0.717, 1.165) is 28.4 Å². The molecule has 0 atom stereocenters. The number of aromatic nitrogens is 3. The zero-order valence-corrected chi connectivity index (χ0v) is 13.3. The highest BCUT2D eigenvalue weighted by atomic mass is 35.5. The molecule has 0 radical (unpaired) electrons. The van der Waals surface area contributed by atoms with Crippen molar-refractivity contribution < 1.29 is 4.74 Å². The molecular formula is C14H16ClN3OS. The molecule has 0 amide bonds. The Balaban J connectivity index is 2.02. The van der Waals surface area contributed by atoms with Crippen molar-refractivity contribution in [3.8, 4) is 11.5 Å². The Bertz CT molecular complexity index is 648. The lowest BCUT2D eigenvalue weighted by molar-refractivity contribution is 0.109. The molecule has 0 bridgehead atoms. The third-order valence-electron chi connectivity index (χ3n) is 3.15. The predicted octanol–water partition coefficient (Wildman–Crippen LogP) is 3.62. The van der Waals surface area contributed by atoms with E-state index in [1.165, 1.54) is 0 Å². The molecule has 0 aliphatic carbocycles. The second-order valence-electron chi connectivity index (χ2n) is 5.85. The number of hydrogen-bond donors (Lipinski definition) is 0. The van der Waals surface area contributed by atoms with Crippen molar-refractivity contribution in [1.82, 2.24) is 15.0 Å². The topological polar surface area (TPSA) is 47.9 Å². The Labute approximate surface area is 127 Å². The monoisotopic (exact) mass is 309 g/mol. The molecule has 1 aliphatic rings. The summed E-state index contributed by atoms with van der Waals surface area (Å²) in [6.07, 6.45) is 0.779. The maximum Gasteiger partial charge on any atom is 0.180 e. The molecule has 4 nitrogen and oxygen atoms in total. The van der Waals surface area contributed by atoms with Crippen molar-refractivity contribution >= 4 is 22.9 Å². The first-order valence-corrected chi connectivity index (χ1v) is 7.80. The molecular weight excluding hydrogens is 294 g/mol. The van der Waals surface area contributed by atoms with E-state index in [0.29, 0.717) is 24.2 Å². The van der Waals surface area contributed by atoms with Crippen molar-refractivity contribution in [1.29, 1.82) is 0 Å². The van der Waals surface area contributed by atoms with Crippen LogP contribution in [-0.4, -0.2) is 21.6 Å². The zero-order chi connectivity index (χ0) is 14.3. The lowest BCUT2D eigenvalue weighted by Crippen LogP contribution is -2.14. The quantitative estimate of drug-likeness (QED) is 0.755. The maximum atomic E-state index is 6.24. The average molecular weight is 310 g/mol. The Morgan fingerprint density at radius 3 is 2.75 bits per heavy atom. The van der Waals surface area contributed by atoms with Crippen LogP contribution in [-0.2, 0) is 23.2 Å². The second kappa shape index (κ2) is 5.06. The van der Waals surface area contributed by atoms with Crippen molar-refractivity contribution in [3.05, 3.63) is 26.8 Å². The molecule has 0 unspecified atom stereocenters. The highest BCUT2D eigenvalue weighted by Gasteiger charge is 2.22.